The van der Waals surface area contributed by atoms with Crippen LogP contribution in [0.1, 0.15) is 20.9 Å². The molecule has 0 atom stereocenters. The molecule has 0 bridgehead atoms. The molecule has 4 rings (SSSR count). The normalized spacial score (nSPS) is 10.6. The van der Waals surface area contributed by atoms with Crippen molar-refractivity contribution in [1.29, 1.82) is 0 Å². The highest BCUT2D eigenvalue weighted by Gasteiger charge is 2.23. The number of rotatable bonds is 5. The van der Waals surface area contributed by atoms with E-state index in [9.17, 15) is 9.59 Å². The van der Waals surface area contributed by atoms with E-state index in [1.807, 2.05) is 12.1 Å². The van der Waals surface area contributed by atoms with Gasteiger partial charge in [0.15, 0.2) is 0 Å². The molecule has 7 heteroatoms. The zero-order valence-corrected chi connectivity index (χ0v) is 17.5. The number of nitrogens with one attached hydrogen (secondary N) is 2. The van der Waals surface area contributed by atoms with E-state index in [1.54, 1.807) is 67.8 Å². The van der Waals surface area contributed by atoms with Crippen molar-refractivity contribution in [2.75, 3.05) is 17.7 Å². The van der Waals surface area contributed by atoms with Gasteiger partial charge in [0.25, 0.3) is 11.8 Å². The maximum absolute atomic E-state index is 13.0. The molecule has 1 aromatic heterocycles. The van der Waals surface area contributed by atoms with Crippen LogP contribution in [0.25, 0.3) is 11.0 Å². The molecule has 0 unspecified atom stereocenters. The Kier molecular flexibility index (Phi) is 5.54. The van der Waals surface area contributed by atoms with Crippen molar-refractivity contribution in [2.45, 2.75) is 0 Å². The average Bonchev–Trinajstić information content (AvgIpc) is 3.12. The average molecular weight is 465 g/mol. The van der Waals surface area contributed by atoms with Crippen LogP contribution in [-0.4, -0.2) is 18.9 Å². The predicted octanol–water partition coefficient (Wildman–Crippen LogP) is 5.71. The van der Waals surface area contributed by atoms with Crippen molar-refractivity contribution in [3.8, 4) is 5.75 Å². The zero-order valence-electron chi connectivity index (χ0n) is 15.9. The van der Waals surface area contributed by atoms with Gasteiger partial charge in [-0.15, -0.1) is 0 Å². The Balaban J connectivity index is 1.69. The van der Waals surface area contributed by atoms with Crippen LogP contribution in [0.3, 0.4) is 0 Å². The highest BCUT2D eigenvalue weighted by atomic mass is 79.9. The Morgan fingerprint density at radius 3 is 2.50 bits per heavy atom. The van der Waals surface area contributed by atoms with Gasteiger partial charge in [-0.05, 0) is 42.5 Å². The number of fused-ring (bicyclic) bond motifs is 1. The fourth-order valence-electron chi connectivity index (χ4n) is 3.03. The van der Waals surface area contributed by atoms with Crippen LogP contribution < -0.4 is 15.4 Å². The lowest BCUT2D eigenvalue weighted by atomic mass is 10.1. The molecule has 6 nitrogen and oxygen atoms in total. The van der Waals surface area contributed by atoms with Crippen LogP contribution in [0.15, 0.2) is 81.7 Å². The number of hydrogen-bond donors (Lipinski definition) is 2. The molecule has 0 aliphatic rings. The number of anilines is 2. The Bertz CT molecular complexity index is 1250. The largest absolute Gasteiger partial charge is 0.497 e. The van der Waals surface area contributed by atoms with E-state index in [1.165, 1.54) is 0 Å². The summed E-state index contributed by atoms with van der Waals surface area (Å²) < 4.78 is 11.8. The van der Waals surface area contributed by atoms with Crippen LogP contribution in [0.5, 0.6) is 5.75 Å². The van der Waals surface area contributed by atoms with E-state index in [0.717, 1.165) is 4.47 Å². The molecule has 2 amide bonds. The van der Waals surface area contributed by atoms with Crippen molar-refractivity contribution in [2.24, 2.45) is 0 Å². The summed E-state index contributed by atoms with van der Waals surface area (Å²) in [6.45, 7) is 0. The van der Waals surface area contributed by atoms with Crippen LogP contribution in [0.4, 0.5) is 11.4 Å². The summed E-state index contributed by atoms with van der Waals surface area (Å²) in [5.41, 5.74) is 1.81. The number of hydrogen-bond acceptors (Lipinski definition) is 4. The standard InChI is InChI=1S/C23H17BrN2O4/c1-29-17-9-5-8-16(13-17)25-23(28)21-20(18-10-2-3-11-19(18)30-21)26-22(27)14-6-4-7-15(24)12-14/h2-13H,1H3,(H,25,28)(H,26,27). The molecule has 0 saturated carbocycles. The molecule has 0 aliphatic carbocycles. The molecular weight excluding hydrogens is 448 g/mol. The summed E-state index contributed by atoms with van der Waals surface area (Å²) in [7, 11) is 1.55. The first kappa shape index (κ1) is 19.7. The summed E-state index contributed by atoms with van der Waals surface area (Å²) in [5.74, 6) is -0.203. The Morgan fingerprint density at radius 2 is 1.70 bits per heavy atom. The van der Waals surface area contributed by atoms with Crippen LogP contribution in [0.2, 0.25) is 0 Å². The van der Waals surface area contributed by atoms with E-state index in [2.05, 4.69) is 26.6 Å². The highest BCUT2D eigenvalue weighted by Crippen LogP contribution is 2.32. The molecule has 0 fully saturated rings. The molecule has 4 aromatic rings. The fraction of sp³-hybridized carbons (Fsp3) is 0.0435. The van der Waals surface area contributed by atoms with E-state index >= 15 is 0 Å². The summed E-state index contributed by atoms with van der Waals surface area (Å²) in [6, 6.07) is 21.1. The summed E-state index contributed by atoms with van der Waals surface area (Å²) in [6.07, 6.45) is 0. The fourth-order valence-corrected chi connectivity index (χ4v) is 3.43. The number of amides is 2. The van der Waals surface area contributed by atoms with Gasteiger partial charge in [0.2, 0.25) is 5.76 Å². The molecule has 0 spiro atoms. The smallest absolute Gasteiger partial charge is 0.293 e. The van der Waals surface area contributed by atoms with Crippen molar-refractivity contribution >= 4 is 50.1 Å². The summed E-state index contributed by atoms with van der Waals surface area (Å²) >= 11 is 3.36. The van der Waals surface area contributed by atoms with Crippen LogP contribution >= 0.6 is 15.9 Å². The van der Waals surface area contributed by atoms with Crippen molar-refractivity contribution < 1.29 is 18.7 Å². The summed E-state index contributed by atoms with van der Waals surface area (Å²) in [5, 5.41) is 6.25. The first-order valence-electron chi connectivity index (χ1n) is 9.09. The van der Waals surface area contributed by atoms with Gasteiger partial charge in [-0.25, -0.2) is 0 Å². The van der Waals surface area contributed by atoms with Gasteiger partial charge in [0, 0.05) is 27.2 Å². The van der Waals surface area contributed by atoms with Crippen molar-refractivity contribution in [3.63, 3.8) is 0 Å². The lowest BCUT2D eigenvalue weighted by Gasteiger charge is -2.08. The molecule has 1 heterocycles. The maximum atomic E-state index is 13.0. The van der Waals surface area contributed by atoms with Gasteiger partial charge >= 0.3 is 0 Å². The number of para-hydroxylation sites is 1. The Hall–Kier alpha value is -3.58. The van der Waals surface area contributed by atoms with Crippen molar-refractivity contribution in [1.82, 2.24) is 0 Å². The van der Waals surface area contributed by atoms with Crippen LogP contribution in [-0.2, 0) is 0 Å². The SMILES string of the molecule is COc1cccc(NC(=O)c2oc3ccccc3c2NC(=O)c2cccc(Br)c2)c1. The van der Waals surface area contributed by atoms with Gasteiger partial charge in [-0.3, -0.25) is 9.59 Å². The highest BCUT2D eigenvalue weighted by molar-refractivity contribution is 9.10. The van der Waals surface area contributed by atoms with Gasteiger partial charge < -0.3 is 19.8 Å². The number of carbonyl (C=O) groups excluding carboxylic acids is 2. The van der Waals surface area contributed by atoms with Gasteiger partial charge in [0.05, 0.1) is 7.11 Å². The van der Waals surface area contributed by atoms with E-state index in [0.29, 0.717) is 33.7 Å². The minimum absolute atomic E-state index is 0.0161. The van der Waals surface area contributed by atoms with Gasteiger partial charge in [-0.2, -0.15) is 0 Å². The molecule has 0 saturated heterocycles. The third-order valence-corrected chi connectivity index (χ3v) is 4.95. The molecule has 3 aromatic carbocycles. The second-order valence-electron chi connectivity index (χ2n) is 6.45. The van der Waals surface area contributed by atoms with E-state index in [4.69, 9.17) is 9.15 Å². The predicted molar refractivity (Wildman–Crippen MR) is 119 cm³/mol. The molecular formula is C23H17BrN2O4. The lowest BCUT2D eigenvalue weighted by molar-refractivity contribution is 0.0999. The van der Waals surface area contributed by atoms with E-state index in [-0.39, 0.29) is 11.7 Å². The maximum Gasteiger partial charge on any atom is 0.293 e. The minimum Gasteiger partial charge on any atom is -0.497 e. The third-order valence-electron chi connectivity index (χ3n) is 4.45. The molecule has 30 heavy (non-hydrogen) atoms. The minimum atomic E-state index is -0.482. The second kappa shape index (κ2) is 8.42. The number of methoxy groups -OCH3 is 1. The topological polar surface area (TPSA) is 80.6 Å². The van der Waals surface area contributed by atoms with Gasteiger partial charge in [-0.1, -0.05) is 40.2 Å². The number of benzene rings is 3. The number of carbonyl (C=O) groups is 2. The van der Waals surface area contributed by atoms with Crippen molar-refractivity contribution in [3.05, 3.63) is 88.6 Å². The third kappa shape index (κ3) is 4.06. The van der Waals surface area contributed by atoms with Gasteiger partial charge in [0.1, 0.15) is 17.0 Å². The Morgan fingerprint density at radius 1 is 0.900 bits per heavy atom. The molecule has 0 aliphatic heterocycles. The van der Waals surface area contributed by atoms with Crippen LogP contribution in [0, 0.1) is 0 Å². The molecule has 0 radical (unpaired) electrons. The van der Waals surface area contributed by atoms with E-state index < -0.39 is 5.91 Å². The first-order chi connectivity index (χ1) is 14.5. The first-order valence-corrected chi connectivity index (χ1v) is 9.88. The Labute approximate surface area is 181 Å². The summed E-state index contributed by atoms with van der Waals surface area (Å²) in [4.78, 5) is 25.8. The number of halogens is 1. The number of furan rings is 1. The second-order valence-corrected chi connectivity index (χ2v) is 7.37. The molecule has 2 N–H and O–H groups in total. The molecule has 150 valence electrons. The zero-order chi connectivity index (χ0) is 21.1. The quantitative estimate of drug-likeness (QED) is 0.396. The number of ether oxygens (including phenoxy) is 1. The lowest BCUT2D eigenvalue weighted by Crippen LogP contribution is -2.17. The monoisotopic (exact) mass is 464 g/mol.